The van der Waals surface area contributed by atoms with Crippen molar-refractivity contribution in [3.8, 4) is 5.75 Å². The fraction of sp³-hybridized carbons (Fsp3) is 0.200. The number of nitrogens with one attached hydrogen (secondary N) is 1. The van der Waals surface area contributed by atoms with E-state index < -0.39 is 11.1 Å². The number of aromatic amines is 1. The minimum atomic E-state index is -0.644. The van der Waals surface area contributed by atoms with Crippen LogP contribution in [0.2, 0.25) is 0 Å². The molecule has 0 amide bonds. The Bertz CT molecular complexity index is 625. The van der Waals surface area contributed by atoms with Gasteiger partial charge in [-0.1, -0.05) is 6.07 Å². The van der Waals surface area contributed by atoms with Crippen molar-refractivity contribution in [2.45, 2.75) is 0 Å². The van der Waals surface area contributed by atoms with Crippen LogP contribution in [-0.4, -0.2) is 16.7 Å². The second-order valence-electron chi connectivity index (χ2n) is 3.17. The zero-order chi connectivity index (χ0) is 11.0. The first-order chi connectivity index (χ1) is 7.15. The summed E-state index contributed by atoms with van der Waals surface area (Å²) in [4.78, 5) is 25.1. The van der Waals surface area contributed by atoms with E-state index in [4.69, 9.17) is 4.74 Å². The minimum absolute atomic E-state index is 0.534. The first-order valence-corrected chi connectivity index (χ1v) is 4.41. The average molecular weight is 206 g/mol. The highest BCUT2D eigenvalue weighted by atomic mass is 16.5. The molecule has 0 aliphatic heterocycles. The van der Waals surface area contributed by atoms with E-state index in [0.29, 0.717) is 16.8 Å². The minimum Gasteiger partial charge on any atom is -0.494 e. The predicted molar refractivity (Wildman–Crippen MR) is 56.4 cm³/mol. The Morgan fingerprint density at radius 3 is 2.73 bits per heavy atom. The Morgan fingerprint density at radius 2 is 2.07 bits per heavy atom. The van der Waals surface area contributed by atoms with Crippen molar-refractivity contribution in [1.29, 1.82) is 0 Å². The van der Waals surface area contributed by atoms with Crippen molar-refractivity contribution in [2.24, 2.45) is 7.05 Å². The molecule has 0 bridgehead atoms. The Labute approximate surface area is 84.9 Å². The smallest absolute Gasteiger partial charge is 0.316 e. The Balaban J connectivity index is 3.04. The number of aromatic nitrogens is 2. The zero-order valence-electron chi connectivity index (χ0n) is 8.40. The van der Waals surface area contributed by atoms with Gasteiger partial charge in [-0.25, -0.2) is 0 Å². The van der Waals surface area contributed by atoms with E-state index in [0.717, 1.165) is 0 Å². The zero-order valence-corrected chi connectivity index (χ0v) is 8.40. The van der Waals surface area contributed by atoms with Gasteiger partial charge in [0.05, 0.1) is 12.6 Å². The number of nitrogens with zero attached hydrogens (tertiary/aromatic N) is 1. The van der Waals surface area contributed by atoms with Gasteiger partial charge < -0.3 is 14.3 Å². The highest BCUT2D eigenvalue weighted by molar-refractivity contribution is 5.81. The van der Waals surface area contributed by atoms with Gasteiger partial charge >= 0.3 is 11.1 Å². The summed E-state index contributed by atoms with van der Waals surface area (Å²) in [7, 11) is 3.07. The molecule has 1 aromatic carbocycles. The van der Waals surface area contributed by atoms with Crippen LogP contribution >= 0.6 is 0 Å². The van der Waals surface area contributed by atoms with Crippen LogP contribution in [-0.2, 0) is 7.05 Å². The summed E-state index contributed by atoms with van der Waals surface area (Å²) in [5.74, 6) is 0.542. The third kappa shape index (κ3) is 1.32. The van der Waals surface area contributed by atoms with Crippen molar-refractivity contribution in [1.82, 2.24) is 9.55 Å². The van der Waals surface area contributed by atoms with Crippen LogP contribution < -0.4 is 15.9 Å². The largest absolute Gasteiger partial charge is 0.494 e. The molecule has 2 aromatic rings. The molecular formula is C10H10N2O3. The second kappa shape index (κ2) is 3.27. The second-order valence-corrected chi connectivity index (χ2v) is 3.17. The van der Waals surface area contributed by atoms with Crippen LogP contribution in [0.4, 0.5) is 0 Å². The van der Waals surface area contributed by atoms with Gasteiger partial charge in [0, 0.05) is 7.05 Å². The fourth-order valence-electron chi connectivity index (χ4n) is 1.52. The van der Waals surface area contributed by atoms with E-state index in [1.807, 2.05) is 0 Å². The number of benzene rings is 1. The lowest BCUT2D eigenvalue weighted by Crippen LogP contribution is -2.34. The summed E-state index contributed by atoms with van der Waals surface area (Å²) in [5, 5.41) is 0. The maximum Gasteiger partial charge on any atom is 0.316 e. The summed E-state index contributed by atoms with van der Waals surface area (Å²) in [6, 6.07) is 5.23. The summed E-state index contributed by atoms with van der Waals surface area (Å²) in [6.07, 6.45) is 0. The highest BCUT2D eigenvalue weighted by Gasteiger charge is 2.07. The molecular weight excluding hydrogens is 196 g/mol. The summed E-state index contributed by atoms with van der Waals surface area (Å²) >= 11 is 0. The predicted octanol–water partition coefficient (Wildman–Crippen LogP) is 0.235. The molecule has 5 heteroatoms. The first-order valence-electron chi connectivity index (χ1n) is 4.41. The van der Waals surface area contributed by atoms with E-state index in [9.17, 15) is 9.59 Å². The van der Waals surface area contributed by atoms with E-state index in [1.165, 1.54) is 11.7 Å². The molecule has 1 aromatic heterocycles. The molecule has 0 unspecified atom stereocenters. The van der Waals surface area contributed by atoms with E-state index in [1.54, 1.807) is 25.2 Å². The maximum atomic E-state index is 11.4. The molecule has 1 N–H and O–H groups in total. The van der Waals surface area contributed by atoms with Gasteiger partial charge in [0.15, 0.2) is 0 Å². The quantitative estimate of drug-likeness (QED) is 0.679. The molecule has 0 saturated heterocycles. The summed E-state index contributed by atoms with van der Waals surface area (Å²) in [6.45, 7) is 0. The molecule has 0 spiro atoms. The molecule has 0 radical (unpaired) electrons. The van der Waals surface area contributed by atoms with Gasteiger partial charge in [-0.15, -0.1) is 0 Å². The molecule has 78 valence electrons. The number of aryl methyl sites for hydroxylation is 1. The fourth-order valence-corrected chi connectivity index (χ4v) is 1.52. The standard InChI is InChI=1S/C10H10N2O3/c1-12-6-4-3-5-7(15-2)8(6)11-9(13)10(12)14/h3-5H,1-2H3,(H,11,13). The monoisotopic (exact) mass is 206 g/mol. The molecule has 0 atom stereocenters. The van der Waals surface area contributed by atoms with Crippen LogP contribution in [0.5, 0.6) is 5.75 Å². The van der Waals surface area contributed by atoms with Crippen molar-refractivity contribution in [3.05, 3.63) is 38.9 Å². The molecule has 15 heavy (non-hydrogen) atoms. The van der Waals surface area contributed by atoms with Gasteiger partial charge in [0.2, 0.25) is 0 Å². The van der Waals surface area contributed by atoms with Crippen molar-refractivity contribution >= 4 is 11.0 Å². The topological polar surface area (TPSA) is 64.1 Å². The molecule has 2 rings (SSSR count). The average Bonchev–Trinajstić information content (AvgIpc) is 2.25. The van der Waals surface area contributed by atoms with Gasteiger partial charge in [0.1, 0.15) is 11.3 Å². The molecule has 1 heterocycles. The first kappa shape index (κ1) is 9.51. The lowest BCUT2D eigenvalue weighted by atomic mass is 10.2. The van der Waals surface area contributed by atoms with Crippen LogP contribution in [0.3, 0.4) is 0 Å². The number of methoxy groups -OCH3 is 1. The van der Waals surface area contributed by atoms with E-state index in [-0.39, 0.29) is 0 Å². The summed E-state index contributed by atoms with van der Waals surface area (Å²) < 4.78 is 6.39. The van der Waals surface area contributed by atoms with Crippen LogP contribution in [0.25, 0.3) is 11.0 Å². The van der Waals surface area contributed by atoms with Crippen molar-refractivity contribution in [2.75, 3.05) is 7.11 Å². The lowest BCUT2D eigenvalue weighted by Gasteiger charge is -2.07. The number of H-pyrrole nitrogens is 1. The van der Waals surface area contributed by atoms with Gasteiger partial charge in [-0.2, -0.15) is 0 Å². The normalized spacial score (nSPS) is 10.5. The van der Waals surface area contributed by atoms with Gasteiger partial charge in [-0.05, 0) is 12.1 Å². The molecule has 0 aliphatic rings. The lowest BCUT2D eigenvalue weighted by molar-refractivity contribution is 0.418. The molecule has 0 aliphatic carbocycles. The number of ether oxygens (including phenoxy) is 1. The van der Waals surface area contributed by atoms with Gasteiger partial charge in [-0.3, -0.25) is 9.59 Å². The Morgan fingerprint density at radius 1 is 1.33 bits per heavy atom. The van der Waals surface area contributed by atoms with Crippen LogP contribution in [0.1, 0.15) is 0 Å². The SMILES string of the molecule is COc1cccc2c1[nH]c(=O)c(=O)n2C. The molecule has 0 fully saturated rings. The van der Waals surface area contributed by atoms with Crippen LogP contribution in [0, 0.1) is 0 Å². The summed E-state index contributed by atoms with van der Waals surface area (Å²) in [5.41, 5.74) is -0.0451. The number of hydrogen-bond donors (Lipinski definition) is 1. The van der Waals surface area contributed by atoms with E-state index >= 15 is 0 Å². The van der Waals surface area contributed by atoms with Gasteiger partial charge in [0.25, 0.3) is 0 Å². The van der Waals surface area contributed by atoms with Crippen LogP contribution in [0.15, 0.2) is 27.8 Å². The third-order valence-electron chi connectivity index (χ3n) is 2.32. The third-order valence-corrected chi connectivity index (χ3v) is 2.32. The van der Waals surface area contributed by atoms with E-state index in [2.05, 4.69) is 4.98 Å². The number of hydrogen-bond acceptors (Lipinski definition) is 3. The Kier molecular flexibility index (Phi) is 2.07. The number of rotatable bonds is 1. The Hall–Kier alpha value is -2.04. The molecule has 5 nitrogen and oxygen atoms in total. The highest BCUT2D eigenvalue weighted by Crippen LogP contribution is 2.20. The molecule has 0 saturated carbocycles. The maximum absolute atomic E-state index is 11.4. The number of para-hydroxylation sites is 1. The van der Waals surface area contributed by atoms with Crippen molar-refractivity contribution < 1.29 is 4.74 Å². The van der Waals surface area contributed by atoms with Crippen molar-refractivity contribution in [3.63, 3.8) is 0 Å². The number of fused-ring (bicyclic) bond motifs is 1.